The van der Waals surface area contributed by atoms with Gasteiger partial charge in [-0.2, -0.15) is 0 Å². The van der Waals surface area contributed by atoms with Gasteiger partial charge >= 0.3 is 0 Å². The first-order valence-corrected chi connectivity index (χ1v) is 9.16. The molecule has 1 saturated carbocycles. The molecule has 1 saturated heterocycles. The molecule has 1 aromatic rings. The van der Waals surface area contributed by atoms with Gasteiger partial charge < -0.3 is 10.1 Å². The van der Waals surface area contributed by atoms with Crippen LogP contribution in [0.2, 0.25) is 0 Å². The van der Waals surface area contributed by atoms with Crippen molar-refractivity contribution in [2.75, 3.05) is 18.1 Å². The van der Waals surface area contributed by atoms with Crippen LogP contribution in [0.1, 0.15) is 29.4 Å². The molecule has 3 nitrogen and oxygen atoms in total. The van der Waals surface area contributed by atoms with E-state index in [0.29, 0.717) is 10.6 Å². The summed E-state index contributed by atoms with van der Waals surface area (Å²) in [7, 11) is 0. The van der Waals surface area contributed by atoms with Gasteiger partial charge in [-0.25, -0.2) is 0 Å². The van der Waals surface area contributed by atoms with Crippen molar-refractivity contribution >= 4 is 29.4 Å². The van der Waals surface area contributed by atoms with Crippen LogP contribution in [-0.2, 0) is 4.79 Å². The molecule has 0 radical (unpaired) electrons. The Kier molecular flexibility index (Phi) is 4.78. The number of amides is 1. The summed E-state index contributed by atoms with van der Waals surface area (Å²) < 4.78 is 6.06. The molecule has 1 aromatic carbocycles. The van der Waals surface area contributed by atoms with E-state index in [1.165, 1.54) is 23.5 Å². The summed E-state index contributed by atoms with van der Waals surface area (Å²) in [5.74, 6) is 3.24. The second-order valence-electron chi connectivity index (χ2n) is 5.13. The van der Waals surface area contributed by atoms with Crippen LogP contribution in [0, 0.1) is 0 Å². The van der Waals surface area contributed by atoms with E-state index in [4.69, 9.17) is 4.74 Å². The topological polar surface area (TPSA) is 38.3 Å². The number of rotatable bonds is 5. The average Bonchev–Trinajstić information content (AvgIpc) is 3.31. The fourth-order valence-electron chi connectivity index (χ4n) is 2.05. The highest BCUT2D eigenvalue weighted by atomic mass is 32.2. The number of benzene rings is 1. The van der Waals surface area contributed by atoms with E-state index in [1.807, 2.05) is 35.7 Å². The molecule has 0 atom stereocenters. The molecular weight excluding hydrogens is 290 g/mol. The zero-order valence-electron chi connectivity index (χ0n) is 11.3. The van der Waals surface area contributed by atoms with Crippen molar-refractivity contribution in [2.45, 2.75) is 29.9 Å². The maximum Gasteiger partial charge on any atom is 0.258 e. The van der Waals surface area contributed by atoms with E-state index >= 15 is 0 Å². The van der Waals surface area contributed by atoms with Crippen LogP contribution in [0.4, 0.5) is 0 Å². The molecule has 1 heterocycles. The first-order valence-electron chi connectivity index (χ1n) is 7.06. The molecule has 1 aliphatic heterocycles. The van der Waals surface area contributed by atoms with Crippen molar-refractivity contribution in [3.63, 3.8) is 0 Å². The van der Waals surface area contributed by atoms with Crippen LogP contribution in [0.5, 0.6) is 5.75 Å². The molecule has 108 valence electrons. The van der Waals surface area contributed by atoms with Gasteiger partial charge in [0.15, 0.2) is 6.61 Å². The smallest absolute Gasteiger partial charge is 0.258 e. The molecule has 0 unspecified atom stereocenters. The maximum absolute atomic E-state index is 11.5. The van der Waals surface area contributed by atoms with Crippen LogP contribution in [-0.4, -0.2) is 30.1 Å². The van der Waals surface area contributed by atoms with Gasteiger partial charge in [-0.15, -0.1) is 23.5 Å². The number of thioether (sulfide) groups is 2. The molecule has 1 N–H and O–H groups in total. The lowest BCUT2D eigenvalue weighted by atomic mass is 10.2. The standard InChI is InChI=1S/C15H19NO2S2/c17-14(16-12-4-5-12)10-18-13-6-2-11(3-7-13)15-19-8-1-9-20-15/h2-3,6-7,12,15H,1,4-5,8-10H2,(H,16,17). The van der Waals surface area contributed by atoms with Gasteiger partial charge in [-0.1, -0.05) is 12.1 Å². The van der Waals surface area contributed by atoms with Crippen molar-refractivity contribution in [1.82, 2.24) is 5.32 Å². The molecule has 0 bridgehead atoms. The predicted octanol–water partition coefficient (Wildman–Crippen LogP) is 3.21. The maximum atomic E-state index is 11.5. The Morgan fingerprint density at radius 2 is 1.90 bits per heavy atom. The van der Waals surface area contributed by atoms with E-state index < -0.39 is 0 Å². The van der Waals surface area contributed by atoms with Crippen molar-refractivity contribution in [3.8, 4) is 5.75 Å². The van der Waals surface area contributed by atoms with Crippen LogP contribution >= 0.6 is 23.5 Å². The van der Waals surface area contributed by atoms with Gasteiger partial charge in [-0.3, -0.25) is 4.79 Å². The molecule has 1 aliphatic carbocycles. The van der Waals surface area contributed by atoms with Crippen LogP contribution in [0.15, 0.2) is 24.3 Å². The van der Waals surface area contributed by atoms with E-state index in [2.05, 4.69) is 17.4 Å². The molecule has 20 heavy (non-hydrogen) atoms. The third-order valence-corrected chi connectivity index (χ3v) is 6.31. The van der Waals surface area contributed by atoms with E-state index in [1.54, 1.807) is 0 Å². The number of carbonyl (C=O) groups is 1. The first-order chi connectivity index (χ1) is 9.81. The summed E-state index contributed by atoms with van der Waals surface area (Å²) in [4.78, 5) is 11.5. The summed E-state index contributed by atoms with van der Waals surface area (Å²) >= 11 is 4.02. The zero-order chi connectivity index (χ0) is 13.8. The quantitative estimate of drug-likeness (QED) is 0.906. The first kappa shape index (κ1) is 14.1. The number of ether oxygens (including phenoxy) is 1. The van der Waals surface area contributed by atoms with Gasteiger partial charge in [0.25, 0.3) is 5.91 Å². The minimum atomic E-state index is -0.0185. The second kappa shape index (κ2) is 6.76. The van der Waals surface area contributed by atoms with Gasteiger partial charge in [-0.05, 0) is 48.5 Å². The highest BCUT2D eigenvalue weighted by Gasteiger charge is 2.23. The third kappa shape index (κ3) is 4.09. The zero-order valence-corrected chi connectivity index (χ0v) is 13.0. The lowest BCUT2D eigenvalue weighted by molar-refractivity contribution is -0.123. The summed E-state index contributed by atoms with van der Waals surface area (Å²) in [6.45, 7) is 0.114. The van der Waals surface area contributed by atoms with E-state index in [0.717, 1.165) is 18.6 Å². The summed E-state index contributed by atoms with van der Waals surface area (Å²) in [5.41, 5.74) is 1.34. The van der Waals surface area contributed by atoms with Crippen molar-refractivity contribution in [3.05, 3.63) is 29.8 Å². The molecule has 5 heteroatoms. The Hall–Kier alpha value is -0.810. The van der Waals surface area contributed by atoms with Crippen LogP contribution in [0.25, 0.3) is 0 Å². The second-order valence-corrected chi connectivity index (χ2v) is 7.85. The summed E-state index contributed by atoms with van der Waals surface area (Å²) in [5, 5.41) is 2.92. The Morgan fingerprint density at radius 3 is 2.55 bits per heavy atom. The number of hydrogen-bond donors (Lipinski definition) is 1. The minimum Gasteiger partial charge on any atom is -0.484 e. The molecular formula is C15H19NO2S2. The van der Waals surface area contributed by atoms with Crippen molar-refractivity contribution in [2.24, 2.45) is 0 Å². The summed E-state index contributed by atoms with van der Waals surface area (Å²) in [6, 6.07) is 8.56. The largest absolute Gasteiger partial charge is 0.484 e. The minimum absolute atomic E-state index is 0.0185. The van der Waals surface area contributed by atoms with Crippen molar-refractivity contribution in [1.29, 1.82) is 0 Å². The van der Waals surface area contributed by atoms with Crippen molar-refractivity contribution < 1.29 is 9.53 Å². The van der Waals surface area contributed by atoms with Gasteiger partial charge in [0.2, 0.25) is 0 Å². The summed E-state index contributed by atoms with van der Waals surface area (Å²) in [6.07, 6.45) is 3.53. The molecule has 1 amide bonds. The van der Waals surface area contributed by atoms with E-state index in [9.17, 15) is 4.79 Å². The molecule has 2 aliphatic rings. The molecule has 0 aromatic heterocycles. The fourth-order valence-corrected chi connectivity index (χ4v) is 4.94. The Morgan fingerprint density at radius 1 is 1.20 bits per heavy atom. The number of hydrogen-bond acceptors (Lipinski definition) is 4. The molecule has 0 spiro atoms. The third-order valence-electron chi connectivity index (χ3n) is 3.29. The Labute approximate surface area is 128 Å². The van der Waals surface area contributed by atoms with Crippen LogP contribution in [0.3, 0.4) is 0 Å². The van der Waals surface area contributed by atoms with Gasteiger partial charge in [0.05, 0.1) is 4.58 Å². The lowest BCUT2D eigenvalue weighted by Crippen LogP contribution is -2.30. The van der Waals surface area contributed by atoms with Gasteiger partial charge in [0.1, 0.15) is 5.75 Å². The van der Waals surface area contributed by atoms with Gasteiger partial charge in [0, 0.05) is 6.04 Å². The Balaban J connectivity index is 1.48. The lowest BCUT2D eigenvalue weighted by Gasteiger charge is -2.21. The number of nitrogens with one attached hydrogen (secondary N) is 1. The monoisotopic (exact) mass is 309 g/mol. The SMILES string of the molecule is O=C(COc1ccc(C2SCCCS2)cc1)NC1CC1. The van der Waals surface area contributed by atoms with E-state index in [-0.39, 0.29) is 12.5 Å². The average molecular weight is 309 g/mol. The number of carbonyl (C=O) groups excluding carboxylic acids is 1. The highest BCUT2D eigenvalue weighted by Crippen LogP contribution is 2.43. The predicted molar refractivity (Wildman–Crippen MR) is 85.4 cm³/mol. The fraction of sp³-hybridized carbons (Fsp3) is 0.533. The molecule has 2 fully saturated rings. The van der Waals surface area contributed by atoms with Crippen LogP contribution < -0.4 is 10.1 Å². The molecule has 3 rings (SSSR count). The normalized spacial score (nSPS) is 19.6. The highest BCUT2D eigenvalue weighted by molar-refractivity contribution is 8.16. The Bertz CT molecular complexity index is 453.